The van der Waals surface area contributed by atoms with Crippen LogP contribution in [0.15, 0.2) is 73.1 Å². The van der Waals surface area contributed by atoms with Gasteiger partial charge in [-0.3, -0.25) is 9.89 Å². The third kappa shape index (κ3) is 6.37. The van der Waals surface area contributed by atoms with Gasteiger partial charge in [0.05, 0.1) is 22.9 Å². The molecule has 0 bridgehead atoms. The number of nitrogens with two attached hydrogens (primary N) is 1. The van der Waals surface area contributed by atoms with E-state index in [-0.39, 0.29) is 23.0 Å². The van der Waals surface area contributed by atoms with Gasteiger partial charge < -0.3 is 16.4 Å². The molecule has 10 heteroatoms. The van der Waals surface area contributed by atoms with Gasteiger partial charge >= 0.3 is 0 Å². The van der Waals surface area contributed by atoms with Crippen LogP contribution in [0, 0.1) is 17.1 Å². The Balaban J connectivity index is 1.29. The second kappa shape index (κ2) is 12.4. The molecule has 3 heterocycles. The van der Waals surface area contributed by atoms with Crippen molar-refractivity contribution in [3.63, 3.8) is 0 Å². The number of halogens is 1. The maximum atomic E-state index is 13.3. The number of pyridine rings is 2. The molecule has 9 nitrogen and oxygen atoms in total. The van der Waals surface area contributed by atoms with Crippen LogP contribution in [0.5, 0.6) is 0 Å². The Morgan fingerprint density at radius 3 is 2.59 bits per heavy atom. The lowest BCUT2D eigenvalue weighted by molar-refractivity contribution is 0.0940. The van der Waals surface area contributed by atoms with Crippen molar-refractivity contribution in [2.45, 2.75) is 32.4 Å². The van der Waals surface area contributed by atoms with Crippen molar-refractivity contribution in [1.82, 2.24) is 25.5 Å². The fourth-order valence-corrected chi connectivity index (χ4v) is 4.52. The molecular formula is C31H29FN8O. The SMILES string of the molecule is CC(NC(=O)c1cc(C#N)cnc1NCc1ccc(-c2cnc3[nH]nc(CCCN)c3c2)cc1)c1ccc(F)cc1. The Hall–Kier alpha value is -5.14. The average molecular weight is 549 g/mol. The summed E-state index contributed by atoms with van der Waals surface area (Å²) in [5.74, 6) is -0.380. The Morgan fingerprint density at radius 2 is 1.85 bits per heavy atom. The van der Waals surface area contributed by atoms with Crippen molar-refractivity contribution >= 4 is 22.8 Å². The Kier molecular flexibility index (Phi) is 8.27. The maximum absolute atomic E-state index is 13.3. The van der Waals surface area contributed by atoms with E-state index in [1.165, 1.54) is 24.4 Å². The summed E-state index contributed by atoms with van der Waals surface area (Å²) in [7, 11) is 0. The minimum atomic E-state index is -0.391. The molecule has 0 aliphatic rings. The Labute approximate surface area is 236 Å². The first kappa shape index (κ1) is 27.4. The van der Waals surface area contributed by atoms with Crippen LogP contribution in [-0.2, 0) is 13.0 Å². The topological polar surface area (TPSA) is 145 Å². The van der Waals surface area contributed by atoms with E-state index >= 15 is 0 Å². The number of aromatic amines is 1. The molecule has 0 saturated heterocycles. The molecule has 1 amide bonds. The zero-order valence-electron chi connectivity index (χ0n) is 22.5. The van der Waals surface area contributed by atoms with E-state index < -0.39 is 5.91 Å². The van der Waals surface area contributed by atoms with Crippen LogP contribution in [0.2, 0.25) is 0 Å². The summed E-state index contributed by atoms with van der Waals surface area (Å²) >= 11 is 0. The molecule has 5 aromatic rings. The van der Waals surface area contributed by atoms with Gasteiger partial charge in [-0.05, 0) is 67.3 Å². The van der Waals surface area contributed by atoms with Crippen molar-refractivity contribution in [2.75, 3.05) is 11.9 Å². The van der Waals surface area contributed by atoms with Gasteiger partial charge in [0.2, 0.25) is 0 Å². The molecule has 5 rings (SSSR count). The molecule has 3 aromatic heterocycles. The van der Waals surface area contributed by atoms with Gasteiger partial charge in [-0.15, -0.1) is 0 Å². The Morgan fingerprint density at radius 1 is 1.07 bits per heavy atom. The van der Waals surface area contributed by atoms with E-state index in [1.54, 1.807) is 12.1 Å². The van der Waals surface area contributed by atoms with E-state index in [0.29, 0.717) is 18.9 Å². The normalized spacial score (nSPS) is 11.7. The third-order valence-electron chi connectivity index (χ3n) is 6.84. The molecule has 41 heavy (non-hydrogen) atoms. The number of hydrogen-bond donors (Lipinski definition) is 4. The summed E-state index contributed by atoms with van der Waals surface area (Å²) in [6, 6.07) is 19.2. The lowest BCUT2D eigenvalue weighted by atomic mass is 10.0. The second-order valence-corrected chi connectivity index (χ2v) is 9.71. The van der Waals surface area contributed by atoms with Crippen molar-refractivity contribution in [1.29, 1.82) is 5.26 Å². The molecule has 0 fully saturated rings. The quantitative estimate of drug-likeness (QED) is 0.192. The van der Waals surface area contributed by atoms with Crippen LogP contribution in [-0.4, -0.2) is 32.6 Å². The van der Waals surface area contributed by atoms with Crippen molar-refractivity contribution < 1.29 is 9.18 Å². The number of fused-ring (bicyclic) bond motifs is 1. The smallest absolute Gasteiger partial charge is 0.255 e. The number of nitrogens with zero attached hydrogens (tertiary/aromatic N) is 4. The molecule has 1 unspecified atom stereocenters. The second-order valence-electron chi connectivity index (χ2n) is 9.71. The summed E-state index contributed by atoms with van der Waals surface area (Å²) in [6.07, 6.45) is 4.89. The van der Waals surface area contributed by atoms with Crippen LogP contribution < -0.4 is 16.4 Å². The zero-order valence-corrected chi connectivity index (χ0v) is 22.5. The first-order valence-electron chi connectivity index (χ1n) is 13.3. The predicted molar refractivity (Wildman–Crippen MR) is 155 cm³/mol. The summed E-state index contributed by atoms with van der Waals surface area (Å²) in [6.45, 7) is 2.83. The molecule has 0 aliphatic carbocycles. The number of aryl methyl sites for hydroxylation is 1. The van der Waals surface area contributed by atoms with Gasteiger partial charge in [-0.1, -0.05) is 36.4 Å². The highest BCUT2D eigenvalue weighted by molar-refractivity contribution is 5.99. The summed E-state index contributed by atoms with van der Waals surface area (Å²) in [5, 5.41) is 23.8. The number of aromatic nitrogens is 4. The van der Waals surface area contributed by atoms with Crippen LogP contribution in [0.25, 0.3) is 22.2 Å². The third-order valence-corrected chi connectivity index (χ3v) is 6.84. The summed E-state index contributed by atoms with van der Waals surface area (Å²) in [4.78, 5) is 22.0. The van der Waals surface area contributed by atoms with Gasteiger partial charge in [-0.2, -0.15) is 10.4 Å². The van der Waals surface area contributed by atoms with E-state index in [9.17, 15) is 14.4 Å². The highest BCUT2D eigenvalue weighted by atomic mass is 19.1. The monoisotopic (exact) mass is 548 g/mol. The van der Waals surface area contributed by atoms with Gasteiger partial charge in [0, 0.05) is 29.9 Å². The Bertz CT molecular complexity index is 1710. The van der Waals surface area contributed by atoms with Crippen molar-refractivity contribution in [3.05, 3.63) is 107 Å². The minimum absolute atomic E-state index is 0.250. The number of nitriles is 1. The molecule has 0 saturated carbocycles. The van der Waals surface area contributed by atoms with Crippen LogP contribution in [0.1, 0.15) is 52.1 Å². The van der Waals surface area contributed by atoms with Crippen LogP contribution >= 0.6 is 0 Å². The number of carbonyl (C=O) groups excluding carboxylic acids is 1. The summed E-state index contributed by atoms with van der Waals surface area (Å²) < 4.78 is 13.3. The van der Waals surface area contributed by atoms with Crippen LogP contribution in [0.3, 0.4) is 0 Å². The van der Waals surface area contributed by atoms with Crippen LogP contribution in [0.4, 0.5) is 10.2 Å². The number of carbonyl (C=O) groups is 1. The zero-order chi connectivity index (χ0) is 28.8. The van der Waals surface area contributed by atoms with Gasteiger partial charge in [0.1, 0.15) is 17.7 Å². The van der Waals surface area contributed by atoms with E-state index in [4.69, 9.17) is 5.73 Å². The van der Waals surface area contributed by atoms with Gasteiger partial charge in [-0.25, -0.2) is 14.4 Å². The van der Waals surface area contributed by atoms with E-state index in [2.05, 4.69) is 36.9 Å². The number of H-pyrrole nitrogens is 1. The molecular weight excluding hydrogens is 519 g/mol. The molecule has 1 atom stereocenters. The first-order chi connectivity index (χ1) is 19.9. The molecule has 2 aromatic carbocycles. The number of benzene rings is 2. The number of anilines is 1. The fraction of sp³-hybridized carbons (Fsp3) is 0.194. The van der Waals surface area contributed by atoms with Crippen molar-refractivity contribution in [3.8, 4) is 17.2 Å². The largest absolute Gasteiger partial charge is 0.365 e. The van der Waals surface area contributed by atoms with E-state index in [1.807, 2.05) is 43.5 Å². The van der Waals surface area contributed by atoms with Gasteiger partial charge in [0.25, 0.3) is 5.91 Å². The maximum Gasteiger partial charge on any atom is 0.255 e. The average Bonchev–Trinajstić information content (AvgIpc) is 3.41. The number of nitrogens with one attached hydrogen (secondary N) is 3. The highest BCUT2D eigenvalue weighted by Gasteiger charge is 2.17. The number of hydrogen-bond acceptors (Lipinski definition) is 7. The molecule has 0 radical (unpaired) electrons. The minimum Gasteiger partial charge on any atom is -0.365 e. The molecule has 0 spiro atoms. The first-order valence-corrected chi connectivity index (χ1v) is 13.3. The standard InChI is InChI=1S/C31H29FN8O/c1-19(22-8-10-25(32)11-9-22)38-31(41)27-13-21(15-34)17-36-29(27)35-16-20-4-6-23(7-5-20)24-14-26-28(3-2-12-33)39-40-30(26)37-18-24/h4-11,13-14,17-19H,2-3,12,16,33H2,1H3,(H,35,36)(H,38,41)(H,37,39,40). The number of rotatable bonds is 10. The lowest BCUT2D eigenvalue weighted by Gasteiger charge is -2.16. The summed E-state index contributed by atoms with van der Waals surface area (Å²) in [5.41, 5.74) is 11.6. The van der Waals surface area contributed by atoms with Crippen molar-refractivity contribution in [2.24, 2.45) is 5.73 Å². The molecule has 5 N–H and O–H groups in total. The number of amides is 1. The van der Waals surface area contributed by atoms with Gasteiger partial charge in [0.15, 0.2) is 5.65 Å². The lowest BCUT2D eigenvalue weighted by Crippen LogP contribution is -2.28. The highest BCUT2D eigenvalue weighted by Crippen LogP contribution is 2.25. The molecule has 0 aliphatic heterocycles. The van der Waals surface area contributed by atoms with E-state index in [0.717, 1.165) is 51.8 Å². The fourth-order valence-electron chi connectivity index (χ4n) is 4.52. The molecule has 206 valence electrons. The predicted octanol–water partition coefficient (Wildman–Crippen LogP) is 5.03.